The van der Waals surface area contributed by atoms with Gasteiger partial charge in [-0.3, -0.25) is 4.90 Å². The number of hydrogen-bond donors (Lipinski definition) is 1. The third-order valence-electron chi connectivity index (χ3n) is 4.92. The minimum atomic E-state index is -0.598. The second-order valence-electron chi connectivity index (χ2n) is 7.77. The van der Waals surface area contributed by atoms with Crippen molar-refractivity contribution in [1.82, 2.24) is 15.3 Å². The number of benzene rings is 2. The molecular formula is C25H24N4O4S. The summed E-state index contributed by atoms with van der Waals surface area (Å²) in [6, 6.07) is 15.7. The number of urea groups is 1. The van der Waals surface area contributed by atoms with Crippen molar-refractivity contribution in [3.63, 3.8) is 0 Å². The number of hydrogen-bond acceptors (Lipinski definition) is 7. The molecule has 4 rings (SSSR count). The van der Waals surface area contributed by atoms with E-state index in [1.54, 1.807) is 49.8 Å². The maximum absolute atomic E-state index is 13.0. The van der Waals surface area contributed by atoms with Crippen LogP contribution in [-0.2, 0) is 5.75 Å². The fourth-order valence-electron chi connectivity index (χ4n) is 3.26. The second-order valence-corrected chi connectivity index (χ2v) is 8.72. The molecule has 1 N–H and O–H groups in total. The highest BCUT2D eigenvalue weighted by atomic mass is 32.2. The Morgan fingerprint density at radius 2 is 1.76 bits per heavy atom. The van der Waals surface area contributed by atoms with Crippen molar-refractivity contribution in [2.24, 2.45) is 0 Å². The number of anilines is 1. The molecule has 0 unspecified atom stereocenters. The topological polar surface area (TPSA) is 97.6 Å². The summed E-state index contributed by atoms with van der Waals surface area (Å²) in [5, 5.41) is 4.27. The average molecular weight is 477 g/mol. The van der Waals surface area contributed by atoms with E-state index in [0.29, 0.717) is 27.9 Å². The molecule has 174 valence electrons. The lowest BCUT2D eigenvalue weighted by molar-refractivity contribution is 0.0702. The van der Waals surface area contributed by atoms with E-state index < -0.39 is 5.97 Å². The Morgan fingerprint density at radius 3 is 2.47 bits per heavy atom. The predicted molar refractivity (Wildman–Crippen MR) is 131 cm³/mol. The molecule has 2 heterocycles. The highest BCUT2D eigenvalue weighted by Gasteiger charge is 2.23. The highest BCUT2D eigenvalue weighted by Crippen LogP contribution is 2.32. The van der Waals surface area contributed by atoms with Gasteiger partial charge in [0.05, 0.1) is 0 Å². The Labute approximate surface area is 201 Å². The van der Waals surface area contributed by atoms with E-state index in [-0.39, 0.29) is 17.8 Å². The van der Waals surface area contributed by atoms with E-state index in [0.717, 1.165) is 10.9 Å². The SMILES string of the molecule is CC(C)NC(=O)N(C)c1ccc(OC(=O)c2oc3ccccc3c2CSc2ncccn2)cc1. The van der Waals surface area contributed by atoms with Crippen LogP contribution in [0, 0.1) is 0 Å². The number of carbonyl (C=O) groups is 2. The molecule has 34 heavy (non-hydrogen) atoms. The minimum Gasteiger partial charge on any atom is -0.449 e. The van der Waals surface area contributed by atoms with E-state index in [4.69, 9.17) is 9.15 Å². The van der Waals surface area contributed by atoms with Gasteiger partial charge in [-0.1, -0.05) is 30.0 Å². The standard InChI is InChI=1S/C25H24N4O4S/c1-16(2)28-25(31)29(3)17-9-11-18(12-10-17)32-23(30)22-20(15-34-24-26-13-6-14-27-24)19-7-4-5-8-21(19)33-22/h4-14,16H,15H2,1-3H3,(H,28,31). The van der Waals surface area contributed by atoms with Crippen molar-refractivity contribution < 1.29 is 18.7 Å². The molecule has 2 amide bonds. The van der Waals surface area contributed by atoms with E-state index in [2.05, 4.69) is 15.3 Å². The average Bonchev–Trinajstić information content (AvgIpc) is 3.22. The number of amides is 2. The van der Waals surface area contributed by atoms with Gasteiger partial charge in [-0.15, -0.1) is 0 Å². The summed E-state index contributed by atoms with van der Waals surface area (Å²) in [5.74, 6) is 0.332. The number of para-hydroxylation sites is 1. The van der Waals surface area contributed by atoms with Crippen LogP contribution in [0.25, 0.3) is 11.0 Å². The zero-order valence-corrected chi connectivity index (χ0v) is 19.8. The Hall–Kier alpha value is -3.85. The van der Waals surface area contributed by atoms with Gasteiger partial charge in [0.2, 0.25) is 5.76 Å². The van der Waals surface area contributed by atoms with Crippen LogP contribution in [0.4, 0.5) is 10.5 Å². The summed E-state index contributed by atoms with van der Waals surface area (Å²) in [4.78, 5) is 35.2. The first-order chi connectivity index (χ1) is 16.4. The summed E-state index contributed by atoms with van der Waals surface area (Å²) in [5.41, 5.74) is 1.99. The number of thioether (sulfide) groups is 1. The number of nitrogens with zero attached hydrogens (tertiary/aromatic N) is 3. The van der Waals surface area contributed by atoms with Gasteiger partial charge in [-0.25, -0.2) is 19.6 Å². The van der Waals surface area contributed by atoms with Gasteiger partial charge in [-0.2, -0.15) is 0 Å². The molecule has 0 aliphatic carbocycles. The summed E-state index contributed by atoms with van der Waals surface area (Å²) < 4.78 is 11.5. The van der Waals surface area contributed by atoms with Crippen LogP contribution in [-0.4, -0.2) is 35.1 Å². The van der Waals surface area contributed by atoms with Gasteiger partial charge < -0.3 is 14.5 Å². The molecule has 4 aromatic rings. The molecule has 0 bridgehead atoms. The molecule has 0 radical (unpaired) electrons. The largest absolute Gasteiger partial charge is 0.449 e. The lowest BCUT2D eigenvalue weighted by Gasteiger charge is -2.19. The first kappa shape index (κ1) is 23.3. The number of nitrogens with one attached hydrogen (secondary N) is 1. The molecule has 2 aromatic heterocycles. The number of furan rings is 1. The predicted octanol–water partition coefficient (Wildman–Crippen LogP) is 5.29. The lowest BCUT2D eigenvalue weighted by atomic mass is 10.1. The van der Waals surface area contributed by atoms with E-state index >= 15 is 0 Å². The Kier molecular flexibility index (Phi) is 7.12. The zero-order chi connectivity index (χ0) is 24.1. The number of aromatic nitrogens is 2. The van der Waals surface area contributed by atoms with Crippen molar-refractivity contribution in [3.05, 3.63) is 78.3 Å². The highest BCUT2D eigenvalue weighted by molar-refractivity contribution is 7.98. The fraction of sp³-hybridized carbons (Fsp3) is 0.200. The number of fused-ring (bicyclic) bond motifs is 1. The molecular weight excluding hydrogens is 452 g/mol. The maximum atomic E-state index is 13.0. The summed E-state index contributed by atoms with van der Waals surface area (Å²) in [6.07, 6.45) is 3.34. The first-order valence-corrected chi connectivity index (χ1v) is 11.7. The van der Waals surface area contributed by atoms with E-state index in [1.807, 2.05) is 38.1 Å². The molecule has 2 aromatic carbocycles. The summed E-state index contributed by atoms with van der Waals surface area (Å²) >= 11 is 1.41. The van der Waals surface area contributed by atoms with Crippen molar-refractivity contribution in [3.8, 4) is 5.75 Å². The van der Waals surface area contributed by atoms with Gasteiger partial charge in [0.15, 0.2) is 5.16 Å². The van der Waals surface area contributed by atoms with Crippen LogP contribution in [0.5, 0.6) is 5.75 Å². The minimum absolute atomic E-state index is 0.0276. The molecule has 0 spiro atoms. The van der Waals surface area contributed by atoms with Crippen LogP contribution in [0.3, 0.4) is 0 Å². The van der Waals surface area contributed by atoms with Gasteiger partial charge in [-0.05, 0) is 50.2 Å². The maximum Gasteiger partial charge on any atom is 0.379 e. The van der Waals surface area contributed by atoms with Crippen LogP contribution in [0.1, 0.15) is 30.0 Å². The van der Waals surface area contributed by atoms with Crippen LogP contribution in [0.15, 0.2) is 76.6 Å². The molecule has 8 nitrogen and oxygen atoms in total. The van der Waals surface area contributed by atoms with Crippen LogP contribution < -0.4 is 15.0 Å². The van der Waals surface area contributed by atoms with Crippen molar-refractivity contribution >= 4 is 40.4 Å². The number of ether oxygens (including phenoxy) is 1. The quantitative estimate of drug-likeness (QED) is 0.168. The number of esters is 1. The molecule has 9 heteroatoms. The lowest BCUT2D eigenvalue weighted by Crippen LogP contribution is -2.40. The number of rotatable bonds is 7. The Morgan fingerprint density at radius 1 is 1.06 bits per heavy atom. The normalized spacial score (nSPS) is 10.9. The number of carbonyl (C=O) groups excluding carboxylic acids is 2. The second kappa shape index (κ2) is 10.4. The molecule has 0 saturated heterocycles. The van der Waals surface area contributed by atoms with Gasteiger partial charge in [0, 0.05) is 47.9 Å². The third kappa shape index (κ3) is 5.37. The zero-order valence-electron chi connectivity index (χ0n) is 19.0. The smallest absolute Gasteiger partial charge is 0.379 e. The van der Waals surface area contributed by atoms with Crippen molar-refractivity contribution in [2.75, 3.05) is 11.9 Å². The molecule has 0 aliphatic heterocycles. The summed E-state index contributed by atoms with van der Waals surface area (Å²) in [6.45, 7) is 3.79. The Balaban J connectivity index is 1.52. The molecule has 0 aliphatic rings. The molecule has 0 fully saturated rings. The molecule has 0 atom stereocenters. The van der Waals surface area contributed by atoms with Gasteiger partial charge >= 0.3 is 12.0 Å². The van der Waals surface area contributed by atoms with E-state index in [9.17, 15) is 9.59 Å². The third-order valence-corrected chi connectivity index (χ3v) is 5.82. The van der Waals surface area contributed by atoms with Gasteiger partial charge in [0.1, 0.15) is 11.3 Å². The van der Waals surface area contributed by atoms with Crippen molar-refractivity contribution in [2.45, 2.75) is 30.8 Å². The first-order valence-electron chi connectivity index (χ1n) is 10.7. The van der Waals surface area contributed by atoms with Crippen LogP contribution >= 0.6 is 11.8 Å². The Bertz CT molecular complexity index is 1290. The summed E-state index contributed by atoms with van der Waals surface area (Å²) in [7, 11) is 1.67. The van der Waals surface area contributed by atoms with Crippen molar-refractivity contribution in [1.29, 1.82) is 0 Å². The van der Waals surface area contributed by atoms with Crippen LogP contribution in [0.2, 0.25) is 0 Å². The van der Waals surface area contributed by atoms with Gasteiger partial charge in [0.25, 0.3) is 0 Å². The molecule has 0 saturated carbocycles. The van der Waals surface area contributed by atoms with E-state index in [1.165, 1.54) is 16.7 Å². The fourth-order valence-corrected chi connectivity index (χ4v) is 4.09. The monoisotopic (exact) mass is 476 g/mol.